The third-order valence-electron chi connectivity index (χ3n) is 3.88. The first kappa shape index (κ1) is 12.9. The lowest BCUT2D eigenvalue weighted by Gasteiger charge is -2.10. The highest BCUT2D eigenvalue weighted by Crippen LogP contribution is 2.17. The summed E-state index contributed by atoms with van der Waals surface area (Å²) in [7, 11) is 0. The molecule has 0 radical (unpaired) electrons. The van der Waals surface area contributed by atoms with Crippen molar-refractivity contribution in [3.63, 3.8) is 0 Å². The van der Waals surface area contributed by atoms with Crippen LogP contribution in [0.2, 0.25) is 0 Å². The summed E-state index contributed by atoms with van der Waals surface area (Å²) in [6.45, 7) is 6.66. The Labute approximate surface area is 111 Å². The van der Waals surface area contributed by atoms with Crippen LogP contribution < -0.4 is 0 Å². The van der Waals surface area contributed by atoms with E-state index >= 15 is 0 Å². The van der Waals surface area contributed by atoms with Gasteiger partial charge in [0.2, 0.25) is 0 Å². The molecule has 2 aromatic carbocycles. The zero-order valence-corrected chi connectivity index (χ0v) is 11.7. The molecule has 0 aliphatic carbocycles. The lowest BCUT2D eigenvalue weighted by molar-refractivity contribution is 0.920. The average Bonchev–Trinajstić information content (AvgIpc) is 2.41. The standard InChI is InChI=1S/C18H22/c1-4-16-9-5-6-10-18(16)13-12-17-11-7-8-14(2)15(17)3/h5-11H,4,12-13H2,1-3H3. The topological polar surface area (TPSA) is 0 Å². The first-order valence-corrected chi connectivity index (χ1v) is 6.84. The van der Waals surface area contributed by atoms with E-state index in [-0.39, 0.29) is 0 Å². The van der Waals surface area contributed by atoms with E-state index < -0.39 is 0 Å². The third kappa shape index (κ3) is 2.81. The van der Waals surface area contributed by atoms with Crippen LogP contribution in [-0.2, 0) is 19.3 Å². The SMILES string of the molecule is CCc1ccccc1CCc1cccc(C)c1C. The van der Waals surface area contributed by atoms with Crippen LogP contribution in [0.3, 0.4) is 0 Å². The molecule has 0 N–H and O–H groups in total. The predicted octanol–water partition coefficient (Wildman–Crippen LogP) is 4.65. The van der Waals surface area contributed by atoms with E-state index in [4.69, 9.17) is 0 Å². The quantitative estimate of drug-likeness (QED) is 0.727. The van der Waals surface area contributed by atoms with Gasteiger partial charge in [-0.05, 0) is 60.9 Å². The van der Waals surface area contributed by atoms with Crippen molar-refractivity contribution in [2.45, 2.75) is 40.0 Å². The van der Waals surface area contributed by atoms with Crippen molar-refractivity contribution in [3.05, 3.63) is 70.3 Å². The van der Waals surface area contributed by atoms with Crippen LogP contribution in [0, 0.1) is 13.8 Å². The zero-order chi connectivity index (χ0) is 13.0. The number of aryl methyl sites for hydroxylation is 4. The van der Waals surface area contributed by atoms with E-state index in [1.165, 1.54) is 27.8 Å². The Morgan fingerprint density at radius 2 is 1.33 bits per heavy atom. The van der Waals surface area contributed by atoms with Gasteiger partial charge in [0.15, 0.2) is 0 Å². The highest BCUT2D eigenvalue weighted by atomic mass is 14.1. The molecular formula is C18H22. The van der Waals surface area contributed by atoms with E-state index in [9.17, 15) is 0 Å². The van der Waals surface area contributed by atoms with Crippen LogP contribution in [0.15, 0.2) is 42.5 Å². The Hall–Kier alpha value is -1.56. The Balaban J connectivity index is 2.14. The Morgan fingerprint density at radius 1 is 0.722 bits per heavy atom. The summed E-state index contributed by atoms with van der Waals surface area (Å²) < 4.78 is 0. The fraction of sp³-hybridized carbons (Fsp3) is 0.333. The fourth-order valence-corrected chi connectivity index (χ4v) is 2.50. The highest BCUT2D eigenvalue weighted by molar-refractivity contribution is 5.35. The molecule has 0 saturated carbocycles. The Morgan fingerprint density at radius 3 is 2.06 bits per heavy atom. The van der Waals surface area contributed by atoms with Gasteiger partial charge in [-0.3, -0.25) is 0 Å². The monoisotopic (exact) mass is 238 g/mol. The molecule has 2 aromatic rings. The fourth-order valence-electron chi connectivity index (χ4n) is 2.50. The maximum atomic E-state index is 2.27. The van der Waals surface area contributed by atoms with Crippen LogP contribution in [0.25, 0.3) is 0 Å². The molecular weight excluding hydrogens is 216 g/mol. The number of benzene rings is 2. The smallest absolute Gasteiger partial charge is 0.0235 e. The molecule has 0 atom stereocenters. The van der Waals surface area contributed by atoms with Gasteiger partial charge in [0.1, 0.15) is 0 Å². The van der Waals surface area contributed by atoms with Crippen molar-refractivity contribution in [3.8, 4) is 0 Å². The second-order valence-electron chi connectivity index (χ2n) is 4.98. The minimum atomic E-state index is 1.13. The highest BCUT2D eigenvalue weighted by Gasteiger charge is 2.03. The second-order valence-corrected chi connectivity index (χ2v) is 4.98. The van der Waals surface area contributed by atoms with Crippen LogP contribution in [0.4, 0.5) is 0 Å². The van der Waals surface area contributed by atoms with Crippen LogP contribution >= 0.6 is 0 Å². The summed E-state index contributed by atoms with van der Waals surface area (Å²) in [6.07, 6.45) is 3.42. The molecule has 0 nitrogen and oxygen atoms in total. The van der Waals surface area contributed by atoms with Crippen LogP contribution in [-0.4, -0.2) is 0 Å². The summed E-state index contributed by atoms with van der Waals surface area (Å²) in [5.74, 6) is 0. The molecule has 0 amide bonds. The summed E-state index contributed by atoms with van der Waals surface area (Å²) in [5.41, 5.74) is 7.33. The van der Waals surface area contributed by atoms with Gasteiger partial charge in [-0.2, -0.15) is 0 Å². The number of hydrogen-bond acceptors (Lipinski definition) is 0. The molecule has 0 fully saturated rings. The van der Waals surface area contributed by atoms with Gasteiger partial charge in [-0.15, -0.1) is 0 Å². The molecule has 0 unspecified atom stereocenters. The first-order chi connectivity index (χ1) is 8.72. The number of hydrogen-bond donors (Lipinski definition) is 0. The zero-order valence-electron chi connectivity index (χ0n) is 11.7. The van der Waals surface area contributed by atoms with E-state index in [1.807, 2.05) is 0 Å². The predicted molar refractivity (Wildman–Crippen MR) is 79.1 cm³/mol. The first-order valence-electron chi connectivity index (χ1n) is 6.84. The summed E-state index contributed by atoms with van der Waals surface area (Å²) in [6, 6.07) is 15.4. The lowest BCUT2D eigenvalue weighted by atomic mass is 9.95. The van der Waals surface area contributed by atoms with Gasteiger partial charge in [-0.25, -0.2) is 0 Å². The minimum Gasteiger partial charge on any atom is -0.0620 e. The van der Waals surface area contributed by atoms with Crippen molar-refractivity contribution in [1.29, 1.82) is 0 Å². The van der Waals surface area contributed by atoms with Crippen LogP contribution in [0.1, 0.15) is 34.7 Å². The van der Waals surface area contributed by atoms with Crippen molar-refractivity contribution in [2.75, 3.05) is 0 Å². The molecule has 0 aliphatic rings. The minimum absolute atomic E-state index is 1.13. The Bertz CT molecular complexity index is 523. The molecule has 0 aromatic heterocycles. The van der Waals surface area contributed by atoms with Gasteiger partial charge in [0.05, 0.1) is 0 Å². The molecule has 94 valence electrons. The molecule has 0 heterocycles. The summed E-state index contributed by atoms with van der Waals surface area (Å²) in [5, 5.41) is 0. The van der Waals surface area contributed by atoms with Gasteiger partial charge < -0.3 is 0 Å². The number of rotatable bonds is 4. The molecule has 0 aliphatic heterocycles. The summed E-state index contributed by atoms with van der Waals surface area (Å²) in [4.78, 5) is 0. The molecule has 2 rings (SSSR count). The van der Waals surface area contributed by atoms with Crippen LogP contribution in [0.5, 0.6) is 0 Å². The van der Waals surface area contributed by atoms with Crippen molar-refractivity contribution in [1.82, 2.24) is 0 Å². The van der Waals surface area contributed by atoms with E-state index in [2.05, 4.69) is 63.2 Å². The molecule has 0 saturated heterocycles. The van der Waals surface area contributed by atoms with E-state index in [0.717, 1.165) is 19.3 Å². The average molecular weight is 238 g/mol. The second kappa shape index (κ2) is 5.86. The van der Waals surface area contributed by atoms with Gasteiger partial charge >= 0.3 is 0 Å². The van der Waals surface area contributed by atoms with Gasteiger partial charge in [0.25, 0.3) is 0 Å². The van der Waals surface area contributed by atoms with Crippen molar-refractivity contribution >= 4 is 0 Å². The Kier molecular flexibility index (Phi) is 4.19. The maximum Gasteiger partial charge on any atom is -0.0235 e. The maximum absolute atomic E-state index is 2.27. The molecule has 0 heteroatoms. The van der Waals surface area contributed by atoms with Gasteiger partial charge in [-0.1, -0.05) is 49.4 Å². The van der Waals surface area contributed by atoms with Gasteiger partial charge in [0, 0.05) is 0 Å². The molecule has 0 bridgehead atoms. The summed E-state index contributed by atoms with van der Waals surface area (Å²) >= 11 is 0. The van der Waals surface area contributed by atoms with Crippen molar-refractivity contribution < 1.29 is 0 Å². The molecule has 18 heavy (non-hydrogen) atoms. The van der Waals surface area contributed by atoms with E-state index in [0.29, 0.717) is 0 Å². The van der Waals surface area contributed by atoms with Crippen molar-refractivity contribution in [2.24, 2.45) is 0 Å². The largest absolute Gasteiger partial charge is 0.0620 e. The molecule has 0 spiro atoms. The third-order valence-corrected chi connectivity index (χ3v) is 3.88. The normalized spacial score (nSPS) is 10.6. The lowest BCUT2D eigenvalue weighted by Crippen LogP contribution is -1.98. The van der Waals surface area contributed by atoms with E-state index in [1.54, 1.807) is 0 Å².